The van der Waals surface area contributed by atoms with E-state index in [4.69, 9.17) is 9.84 Å². The zero-order chi connectivity index (χ0) is 17.9. The maximum atomic E-state index is 12.2. The predicted octanol–water partition coefficient (Wildman–Crippen LogP) is 0.719. The molecule has 0 fully saturated rings. The largest absolute Gasteiger partial charge is 0.504 e. The molecule has 0 aliphatic carbocycles. The van der Waals surface area contributed by atoms with Crippen LogP contribution in [0.25, 0.3) is 10.9 Å². The molecule has 8 nitrogen and oxygen atoms in total. The number of hydrogen-bond acceptors (Lipinski definition) is 6. The number of carbonyl (C=O) groups is 2. The van der Waals surface area contributed by atoms with E-state index in [1.54, 1.807) is 6.92 Å². The topological polar surface area (TPSA) is 123 Å². The number of hydrogen-bond donors (Lipinski definition) is 2. The number of aliphatic carboxylic acids is 1. The standard InChI is InChI=1S/C16H15NO7/c1-2-24-16(23)11-8-13(19)9-7-14(20)12(18)4-3-10(9)17(11)6-5-15(21)22/h3-4,7-8H,2,5-6H2,1H3,(H,18,20)(H,21,22). The number of pyridine rings is 1. The highest BCUT2D eigenvalue weighted by molar-refractivity contribution is 5.91. The molecule has 2 N–H and O–H groups in total. The lowest BCUT2D eigenvalue weighted by Crippen LogP contribution is -2.21. The monoisotopic (exact) mass is 333 g/mol. The lowest BCUT2D eigenvalue weighted by Gasteiger charge is -2.14. The van der Waals surface area contributed by atoms with Crippen LogP contribution in [0.15, 0.2) is 33.9 Å². The van der Waals surface area contributed by atoms with Gasteiger partial charge in [-0.2, -0.15) is 0 Å². The molecule has 0 unspecified atom stereocenters. The molecule has 0 aliphatic rings. The van der Waals surface area contributed by atoms with Crippen molar-refractivity contribution in [3.05, 3.63) is 50.4 Å². The number of nitrogens with zero attached hydrogens (tertiary/aromatic N) is 1. The summed E-state index contributed by atoms with van der Waals surface area (Å²) in [7, 11) is 0. The first kappa shape index (κ1) is 17.2. The van der Waals surface area contributed by atoms with Gasteiger partial charge in [-0.1, -0.05) is 0 Å². The summed E-state index contributed by atoms with van der Waals surface area (Å²) in [6.45, 7) is 1.57. The summed E-state index contributed by atoms with van der Waals surface area (Å²) in [5.74, 6) is -2.43. The highest BCUT2D eigenvalue weighted by atomic mass is 16.5. The Kier molecular flexibility index (Phi) is 4.98. The van der Waals surface area contributed by atoms with Gasteiger partial charge in [-0.15, -0.1) is 0 Å². The fourth-order valence-corrected chi connectivity index (χ4v) is 2.27. The Morgan fingerprint density at radius 2 is 1.88 bits per heavy atom. The lowest BCUT2D eigenvalue weighted by atomic mass is 10.2. The van der Waals surface area contributed by atoms with E-state index in [1.165, 1.54) is 10.6 Å². The average Bonchev–Trinajstić information content (AvgIpc) is 2.67. The Labute approximate surface area is 135 Å². The van der Waals surface area contributed by atoms with Crippen molar-refractivity contribution in [2.45, 2.75) is 19.9 Å². The number of carbonyl (C=O) groups excluding carboxylic acids is 1. The quantitative estimate of drug-likeness (QED) is 0.773. The van der Waals surface area contributed by atoms with Crippen LogP contribution >= 0.6 is 0 Å². The lowest BCUT2D eigenvalue weighted by molar-refractivity contribution is -0.137. The number of aryl methyl sites for hydroxylation is 1. The third kappa shape index (κ3) is 3.43. The number of aromatic nitrogens is 1. The van der Waals surface area contributed by atoms with E-state index in [-0.39, 0.29) is 36.2 Å². The molecule has 0 amide bonds. The second kappa shape index (κ2) is 6.95. The summed E-state index contributed by atoms with van der Waals surface area (Å²) in [5, 5.41) is 18.4. The van der Waals surface area contributed by atoms with Crippen LogP contribution < -0.4 is 10.9 Å². The van der Waals surface area contributed by atoms with Gasteiger partial charge in [0.15, 0.2) is 11.2 Å². The van der Waals surface area contributed by atoms with Crippen molar-refractivity contribution in [2.75, 3.05) is 6.61 Å². The van der Waals surface area contributed by atoms with Crippen LogP contribution in [0.2, 0.25) is 0 Å². The third-order valence-electron chi connectivity index (χ3n) is 3.35. The fraction of sp³-hybridized carbons (Fsp3) is 0.250. The van der Waals surface area contributed by atoms with Crippen LogP contribution in [0, 0.1) is 0 Å². The first-order chi connectivity index (χ1) is 11.3. The molecule has 2 aromatic rings. The van der Waals surface area contributed by atoms with Crippen molar-refractivity contribution in [3.8, 4) is 5.75 Å². The number of carboxylic acids is 1. The summed E-state index contributed by atoms with van der Waals surface area (Å²) in [5.41, 5.74) is -1.32. The van der Waals surface area contributed by atoms with Crippen LogP contribution in [0.4, 0.5) is 0 Å². The molecule has 0 bridgehead atoms. The highest BCUT2D eigenvalue weighted by Gasteiger charge is 2.17. The highest BCUT2D eigenvalue weighted by Crippen LogP contribution is 2.15. The Morgan fingerprint density at radius 1 is 1.17 bits per heavy atom. The number of fused-ring (bicyclic) bond motifs is 1. The van der Waals surface area contributed by atoms with Crippen LogP contribution in [0.5, 0.6) is 5.75 Å². The van der Waals surface area contributed by atoms with Crippen molar-refractivity contribution in [2.24, 2.45) is 0 Å². The van der Waals surface area contributed by atoms with Crippen molar-refractivity contribution < 1.29 is 24.5 Å². The van der Waals surface area contributed by atoms with Crippen molar-refractivity contribution in [1.29, 1.82) is 0 Å². The van der Waals surface area contributed by atoms with Gasteiger partial charge in [-0.3, -0.25) is 14.4 Å². The van der Waals surface area contributed by atoms with Gasteiger partial charge < -0.3 is 19.5 Å². The minimum absolute atomic E-state index is 0.0289. The second-order valence-electron chi connectivity index (χ2n) is 4.94. The Morgan fingerprint density at radius 3 is 2.50 bits per heavy atom. The van der Waals surface area contributed by atoms with E-state index in [0.717, 1.165) is 18.2 Å². The predicted molar refractivity (Wildman–Crippen MR) is 84.4 cm³/mol. The molecule has 126 valence electrons. The molecule has 1 aromatic heterocycles. The zero-order valence-electron chi connectivity index (χ0n) is 12.8. The average molecular weight is 333 g/mol. The summed E-state index contributed by atoms with van der Waals surface area (Å²) < 4.78 is 6.19. The van der Waals surface area contributed by atoms with Crippen LogP contribution in [-0.4, -0.2) is 33.3 Å². The molecule has 0 saturated carbocycles. The minimum Gasteiger partial charge on any atom is -0.504 e. The van der Waals surface area contributed by atoms with Crippen LogP contribution in [0.3, 0.4) is 0 Å². The number of aromatic hydroxyl groups is 1. The molecular formula is C16H15NO7. The SMILES string of the molecule is CCOC(=O)c1cc(=O)c2cc(=O)c(O)ccc2n1CCC(=O)O. The van der Waals surface area contributed by atoms with E-state index in [2.05, 4.69) is 0 Å². The first-order valence-corrected chi connectivity index (χ1v) is 7.15. The molecule has 0 aliphatic heterocycles. The van der Waals surface area contributed by atoms with E-state index in [9.17, 15) is 24.3 Å². The number of rotatable bonds is 5. The summed E-state index contributed by atoms with van der Waals surface area (Å²) >= 11 is 0. The molecular weight excluding hydrogens is 318 g/mol. The number of carboxylic acid groups (broad SMARTS) is 1. The van der Waals surface area contributed by atoms with E-state index >= 15 is 0 Å². The van der Waals surface area contributed by atoms with Gasteiger partial charge in [0, 0.05) is 24.1 Å². The number of ether oxygens (including phenoxy) is 1. The molecule has 0 spiro atoms. The maximum Gasteiger partial charge on any atom is 0.355 e. The van der Waals surface area contributed by atoms with Gasteiger partial charge in [0.25, 0.3) is 0 Å². The smallest absolute Gasteiger partial charge is 0.355 e. The van der Waals surface area contributed by atoms with Gasteiger partial charge in [0.1, 0.15) is 5.69 Å². The van der Waals surface area contributed by atoms with Gasteiger partial charge in [-0.25, -0.2) is 4.79 Å². The summed E-state index contributed by atoms with van der Waals surface area (Å²) in [6.07, 6.45) is -0.306. The second-order valence-corrected chi connectivity index (χ2v) is 4.94. The molecule has 24 heavy (non-hydrogen) atoms. The summed E-state index contributed by atoms with van der Waals surface area (Å²) in [4.78, 5) is 46.9. The van der Waals surface area contributed by atoms with Gasteiger partial charge in [0.2, 0.25) is 5.43 Å². The fourth-order valence-electron chi connectivity index (χ4n) is 2.27. The van der Waals surface area contributed by atoms with E-state index in [1.807, 2.05) is 0 Å². The van der Waals surface area contributed by atoms with Gasteiger partial charge >= 0.3 is 11.9 Å². The zero-order valence-corrected chi connectivity index (χ0v) is 12.8. The van der Waals surface area contributed by atoms with Gasteiger partial charge in [0.05, 0.1) is 18.5 Å². The maximum absolute atomic E-state index is 12.2. The van der Waals surface area contributed by atoms with Crippen molar-refractivity contribution in [1.82, 2.24) is 4.57 Å². The number of esters is 1. The van der Waals surface area contributed by atoms with Gasteiger partial charge in [-0.05, 0) is 19.1 Å². The van der Waals surface area contributed by atoms with E-state index in [0.29, 0.717) is 0 Å². The van der Waals surface area contributed by atoms with E-state index < -0.39 is 28.5 Å². The molecule has 0 saturated heterocycles. The Balaban J connectivity index is 2.84. The summed E-state index contributed by atoms with van der Waals surface area (Å²) in [6, 6.07) is 4.34. The van der Waals surface area contributed by atoms with Crippen LogP contribution in [-0.2, 0) is 16.1 Å². The molecule has 1 aromatic carbocycles. The molecule has 0 radical (unpaired) electrons. The molecule has 2 rings (SSSR count). The Bertz CT molecular complexity index is 930. The molecule has 8 heteroatoms. The Hall–Kier alpha value is -3.16. The first-order valence-electron chi connectivity index (χ1n) is 7.15. The minimum atomic E-state index is -1.09. The molecule has 1 heterocycles. The molecule has 0 atom stereocenters. The van der Waals surface area contributed by atoms with Crippen molar-refractivity contribution in [3.63, 3.8) is 0 Å². The van der Waals surface area contributed by atoms with Crippen LogP contribution in [0.1, 0.15) is 23.8 Å². The third-order valence-corrected chi connectivity index (χ3v) is 3.35. The van der Waals surface area contributed by atoms with Crippen molar-refractivity contribution >= 4 is 22.8 Å². The normalized spacial score (nSPS) is 10.5.